The van der Waals surface area contributed by atoms with Crippen LogP contribution in [0.15, 0.2) is 42.5 Å². The molecule has 1 amide bonds. The van der Waals surface area contributed by atoms with Gasteiger partial charge >= 0.3 is 0 Å². The number of halogens is 2. The van der Waals surface area contributed by atoms with Crippen LogP contribution in [0.1, 0.15) is 24.1 Å². The number of rotatable bonds is 5. The van der Waals surface area contributed by atoms with Gasteiger partial charge in [0.25, 0.3) is 0 Å². The van der Waals surface area contributed by atoms with Crippen LogP contribution in [0.5, 0.6) is 0 Å². The lowest BCUT2D eigenvalue weighted by Crippen LogP contribution is -2.30. The average molecular weight is 321 g/mol. The van der Waals surface area contributed by atoms with Gasteiger partial charge in [-0.2, -0.15) is 0 Å². The maximum atomic E-state index is 13.7. The molecule has 1 atom stereocenters. The van der Waals surface area contributed by atoms with E-state index in [2.05, 4.69) is 10.6 Å². The van der Waals surface area contributed by atoms with Crippen molar-refractivity contribution >= 4 is 23.2 Å². The fraction of sp³-hybridized carbons (Fsp3) is 0.235. The summed E-state index contributed by atoms with van der Waals surface area (Å²) in [5, 5.41) is 6.27. The zero-order valence-electron chi connectivity index (χ0n) is 12.5. The number of nitrogens with one attached hydrogen (secondary N) is 2. The van der Waals surface area contributed by atoms with Gasteiger partial charge in [-0.25, -0.2) is 4.39 Å². The van der Waals surface area contributed by atoms with Crippen molar-refractivity contribution in [1.29, 1.82) is 0 Å². The van der Waals surface area contributed by atoms with Crippen molar-refractivity contribution in [2.75, 3.05) is 11.9 Å². The second-order valence-corrected chi connectivity index (χ2v) is 5.56. The standard InChI is InChI=1S/C17H18ClFN2O/c1-11-7-8-16(15(19)9-11)21-17(22)10-20-12(2)13-5-3-4-6-14(13)18/h3-9,12,20H,10H2,1-2H3,(H,21,22)/t12-/m1/s1. The molecule has 0 spiro atoms. The van der Waals surface area contributed by atoms with E-state index >= 15 is 0 Å². The monoisotopic (exact) mass is 320 g/mol. The largest absolute Gasteiger partial charge is 0.322 e. The van der Waals surface area contributed by atoms with Crippen molar-refractivity contribution in [1.82, 2.24) is 5.32 Å². The maximum absolute atomic E-state index is 13.7. The Hall–Kier alpha value is -1.91. The van der Waals surface area contributed by atoms with Gasteiger partial charge in [0.15, 0.2) is 0 Å². The molecule has 0 aliphatic carbocycles. The Morgan fingerprint density at radius 2 is 2.00 bits per heavy atom. The summed E-state index contributed by atoms with van der Waals surface area (Å²) in [4.78, 5) is 11.9. The molecule has 2 aromatic carbocycles. The Bertz CT molecular complexity index is 675. The quantitative estimate of drug-likeness (QED) is 0.871. The van der Waals surface area contributed by atoms with Crippen LogP contribution < -0.4 is 10.6 Å². The first-order valence-corrected chi connectivity index (χ1v) is 7.39. The van der Waals surface area contributed by atoms with E-state index in [4.69, 9.17) is 11.6 Å². The van der Waals surface area contributed by atoms with E-state index in [1.807, 2.05) is 25.1 Å². The van der Waals surface area contributed by atoms with E-state index in [-0.39, 0.29) is 24.2 Å². The Kier molecular flexibility index (Phi) is 5.52. The van der Waals surface area contributed by atoms with Gasteiger partial charge in [0.05, 0.1) is 12.2 Å². The highest BCUT2D eigenvalue weighted by Gasteiger charge is 2.11. The van der Waals surface area contributed by atoms with Crippen LogP contribution in [-0.2, 0) is 4.79 Å². The predicted octanol–water partition coefficient (Wildman–Crippen LogP) is 4.08. The molecule has 2 aromatic rings. The molecule has 0 fully saturated rings. The number of benzene rings is 2. The summed E-state index contributed by atoms with van der Waals surface area (Å²) in [5.41, 5.74) is 1.90. The van der Waals surface area contributed by atoms with Crippen LogP contribution >= 0.6 is 11.6 Å². The fourth-order valence-electron chi connectivity index (χ4n) is 2.10. The summed E-state index contributed by atoms with van der Waals surface area (Å²) in [7, 11) is 0. The van der Waals surface area contributed by atoms with Crippen LogP contribution in [0.4, 0.5) is 10.1 Å². The predicted molar refractivity (Wildman–Crippen MR) is 87.6 cm³/mol. The molecule has 3 nitrogen and oxygen atoms in total. The first-order chi connectivity index (χ1) is 10.5. The van der Waals surface area contributed by atoms with Gasteiger partial charge < -0.3 is 10.6 Å². The van der Waals surface area contributed by atoms with Gasteiger partial charge in [-0.05, 0) is 43.2 Å². The summed E-state index contributed by atoms with van der Waals surface area (Å²) in [6.07, 6.45) is 0. The Balaban J connectivity index is 1.91. The highest BCUT2D eigenvalue weighted by atomic mass is 35.5. The lowest BCUT2D eigenvalue weighted by Gasteiger charge is -2.15. The molecular weight excluding hydrogens is 303 g/mol. The summed E-state index contributed by atoms with van der Waals surface area (Å²) in [6.45, 7) is 3.78. The highest BCUT2D eigenvalue weighted by molar-refractivity contribution is 6.31. The normalized spacial score (nSPS) is 12.0. The fourth-order valence-corrected chi connectivity index (χ4v) is 2.40. The molecule has 0 unspecified atom stereocenters. The van der Waals surface area contributed by atoms with Crippen molar-refractivity contribution in [2.45, 2.75) is 19.9 Å². The lowest BCUT2D eigenvalue weighted by molar-refractivity contribution is -0.115. The minimum atomic E-state index is -0.437. The first kappa shape index (κ1) is 16.5. The van der Waals surface area contributed by atoms with Crippen molar-refractivity contribution < 1.29 is 9.18 Å². The molecule has 0 saturated heterocycles. The zero-order chi connectivity index (χ0) is 16.1. The third-order valence-electron chi connectivity index (χ3n) is 3.34. The third kappa shape index (κ3) is 4.29. The Morgan fingerprint density at radius 1 is 1.27 bits per heavy atom. The maximum Gasteiger partial charge on any atom is 0.238 e. The van der Waals surface area contributed by atoms with E-state index in [1.165, 1.54) is 6.07 Å². The van der Waals surface area contributed by atoms with Crippen molar-refractivity contribution in [3.8, 4) is 0 Å². The molecular formula is C17H18ClFN2O. The molecule has 22 heavy (non-hydrogen) atoms. The van der Waals surface area contributed by atoms with E-state index in [0.29, 0.717) is 5.02 Å². The van der Waals surface area contributed by atoms with Crippen molar-refractivity contribution in [2.24, 2.45) is 0 Å². The minimum absolute atomic E-state index is 0.0692. The number of aryl methyl sites for hydroxylation is 1. The van der Waals surface area contributed by atoms with Gasteiger partial charge in [-0.15, -0.1) is 0 Å². The zero-order valence-corrected chi connectivity index (χ0v) is 13.2. The van der Waals surface area contributed by atoms with Crippen LogP contribution in [-0.4, -0.2) is 12.5 Å². The summed E-state index contributed by atoms with van der Waals surface area (Å²) in [5.74, 6) is -0.742. The molecule has 0 saturated carbocycles. The number of hydrogen-bond acceptors (Lipinski definition) is 2. The van der Waals surface area contributed by atoms with E-state index < -0.39 is 5.82 Å². The number of anilines is 1. The smallest absolute Gasteiger partial charge is 0.238 e. The van der Waals surface area contributed by atoms with Crippen LogP contribution in [0.25, 0.3) is 0 Å². The number of hydrogen-bond donors (Lipinski definition) is 2. The number of carbonyl (C=O) groups excluding carboxylic acids is 1. The second kappa shape index (κ2) is 7.38. The molecule has 2 N–H and O–H groups in total. The van der Waals surface area contributed by atoms with Crippen LogP contribution in [0.3, 0.4) is 0 Å². The Morgan fingerprint density at radius 3 is 2.68 bits per heavy atom. The van der Waals surface area contributed by atoms with E-state index in [1.54, 1.807) is 25.1 Å². The van der Waals surface area contributed by atoms with Gasteiger partial charge in [-0.1, -0.05) is 35.9 Å². The number of amides is 1. The Labute approximate surface area is 134 Å². The van der Waals surface area contributed by atoms with Crippen molar-refractivity contribution in [3.05, 3.63) is 64.4 Å². The second-order valence-electron chi connectivity index (χ2n) is 5.16. The van der Waals surface area contributed by atoms with Gasteiger partial charge in [0, 0.05) is 11.1 Å². The van der Waals surface area contributed by atoms with Gasteiger partial charge in [-0.3, -0.25) is 4.79 Å². The van der Waals surface area contributed by atoms with Crippen molar-refractivity contribution in [3.63, 3.8) is 0 Å². The average Bonchev–Trinajstić information content (AvgIpc) is 2.48. The topological polar surface area (TPSA) is 41.1 Å². The molecule has 0 aliphatic heterocycles. The van der Waals surface area contributed by atoms with Gasteiger partial charge in [0.1, 0.15) is 5.82 Å². The minimum Gasteiger partial charge on any atom is -0.322 e. The molecule has 0 bridgehead atoms. The molecule has 0 aliphatic rings. The number of carbonyl (C=O) groups is 1. The van der Waals surface area contributed by atoms with Crippen LogP contribution in [0, 0.1) is 12.7 Å². The molecule has 0 radical (unpaired) electrons. The van der Waals surface area contributed by atoms with E-state index in [9.17, 15) is 9.18 Å². The highest BCUT2D eigenvalue weighted by Crippen LogP contribution is 2.22. The van der Waals surface area contributed by atoms with Crippen LogP contribution in [0.2, 0.25) is 5.02 Å². The summed E-state index contributed by atoms with van der Waals surface area (Å²) >= 11 is 6.11. The third-order valence-corrected chi connectivity index (χ3v) is 3.68. The van der Waals surface area contributed by atoms with E-state index in [0.717, 1.165) is 11.1 Å². The van der Waals surface area contributed by atoms with Gasteiger partial charge in [0.2, 0.25) is 5.91 Å². The molecule has 0 heterocycles. The molecule has 116 valence electrons. The SMILES string of the molecule is Cc1ccc(NC(=O)CN[C@H](C)c2ccccc2Cl)c(F)c1. The molecule has 5 heteroatoms. The summed E-state index contributed by atoms with van der Waals surface area (Å²) < 4.78 is 13.7. The first-order valence-electron chi connectivity index (χ1n) is 7.01. The summed E-state index contributed by atoms with van der Waals surface area (Å²) in [6, 6.07) is 12.1. The lowest BCUT2D eigenvalue weighted by atomic mass is 10.1. The molecule has 0 aromatic heterocycles. The molecule has 2 rings (SSSR count).